The van der Waals surface area contributed by atoms with Gasteiger partial charge < -0.3 is 9.94 Å². The molecule has 0 aliphatic heterocycles. The molecule has 0 aromatic carbocycles. The van der Waals surface area contributed by atoms with Crippen LogP contribution in [-0.4, -0.2) is 17.7 Å². The zero-order valence-electron chi connectivity index (χ0n) is 5.13. The van der Waals surface area contributed by atoms with Crippen molar-refractivity contribution in [2.24, 2.45) is 5.90 Å². The van der Waals surface area contributed by atoms with E-state index in [4.69, 9.17) is 5.11 Å². The van der Waals surface area contributed by atoms with Gasteiger partial charge in [0.1, 0.15) is 0 Å². The van der Waals surface area contributed by atoms with E-state index >= 15 is 0 Å². The van der Waals surface area contributed by atoms with Gasteiger partial charge in [0.2, 0.25) is 0 Å². The highest BCUT2D eigenvalue weighted by Crippen LogP contribution is 1.91. The van der Waals surface area contributed by atoms with Gasteiger partial charge in [0.05, 0.1) is 6.61 Å². The second-order valence-corrected chi connectivity index (χ2v) is 1.48. The van der Waals surface area contributed by atoms with Crippen molar-refractivity contribution in [3.63, 3.8) is 0 Å². The van der Waals surface area contributed by atoms with Crippen molar-refractivity contribution in [1.82, 2.24) is 0 Å². The third kappa shape index (κ3) is 2.84. The molecule has 0 aliphatic rings. The Morgan fingerprint density at radius 2 is 2.44 bits per heavy atom. The fraction of sp³-hybridized carbons (Fsp3) is 0.400. The second kappa shape index (κ2) is 4.05. The van der Waals surface area contributed by atoms with Crippen LogP contribution >= 0.6 is 0 Å². The Bertz CT molecular complexity index is 130. The Morgan fingerprint density at radius 3 is 2.78 bits per heavy atom. The number of rotatable bonds is 2. The molecule has 0 bridgehead atoms. The fourth-order valence-corrected chi connectivity index (χ4v) is 0.313. The molecule has 4 heteroatoms. The molecule has 0 amide bonds. The van der Waals surface area contributed by atoms with E-state index in [0.29, 0.717) is 5.57 Å². The molecular weight excluding hydrogens is 122 g/mol. The van der Waals surface area contributed by atoms with Crippen molar-refractivity contribution in [2.75, 3.05) is 6.61 Å². The lowest BCUT2D eigenvalue weighted by atomic mass is 10.3. The molecule has 0 aromatic rings. The molecule has 4 nitrogen and oxygen atoms in total. The molecule has 0 aliphatic carbocycles. The van der Waals surface area contributed by atoms with Gasteiger partial charge in [0, 0.05) is 5.57 Å². The van der Waals surface area contributed by atoms with Crippen LogP contribution in [0.2, 0.25) is 0 Å². The lowest BCUT2D eigenvalue weighted by Crippen LogP contribution is -2.10. The number of hydrogen-bond donors (Lipinski definition) is 2. The normalized spacial score (nSPS) is 11.2. The minimum absolute atomic E-state index is 0.180. The highest BCUT2D eigenvalue weighted by atomic mass is 16.7. The van der Waals surface area contributed by atoms with Crippen molar-refractivity contribution in [2.45, 2.75) is 6.92 Å². The molecule has 0 saturated heterocycles. The minimum Gasteiger partial charge on any atom is -0.392 e. The highest BCUT2D eigenvalue weighted by Gasteiger charge is 2.00. The van der Waals surface area contributed by atoms with Crippen LogP contribution in [0.3, 0.4) is 0 Å². The first kappa shape index (κ1) is 8.13. The molecule has 0 saturated carbocycles. The van der Waals surface area contributed by atoms with E-state index in [0.717, 1.165) is 0 Å². The Balaban J connectivity index is 3.86. The molecule has 0 atom stereocenters. The summed E-state index contributed by atoms with van der Waals surface area (Å²) in [4.78, 5) is 14.2. The summed E-state index contributed by atoms with van der Waals surface area (Å²) in [6, 6.07) is 0. The molecule has 0 heterocycles. The third-order valence-corrected chi connectivity index (χ3v) is 0.826. The molecule has 9 heavy (non-hydrogen) atoms. The molecule has 0 rings (SSSR count). The summed E-state index contributed by atoms with van der Waals surface area (Å²) in [7, 11) is 0. The summed E-state index contributed by atoms with van der Waals surface area (Å²) in [5.41, 5.74) is 0.306. The van der Waals surface area contributed by atoms with Gasteiger partial charge in [-0.2, -0.15) is 5.90 Å². The van der Waals surface area contributed by atoms with Crippen LogP contribution in [0.25, 0.3) is 0 Å². The van der Waals surface area contributed by atoms with Gasteiger partial charge in [0.25, 0.3) is 0 Å². The topological polar surface area (TPSA) is 72.5 Å². The standard InChI is InChI=1S/C5H9NO3/c1-4(2-3-7)5(8)9-6/h2,7H,3,6H2,1H3/b4-2+. The van der Waals surface area contributed by atoms with Crippen LogP contribution in [0.1, 0.15) is 6.92 Å². The van der Waals surface area contributed by atoms with Crippen molar-refractivity contribution in [3.05, 3.63) is 11.6 Å². The first-order valence-electron chi connectivity index (χ1n) is 2.41. The maximum Gasteiger partial charge on any atom is 0.351 e. The van der Waals surface area contributed by atoms with Crippen LogP contribution in [0.5, 0.6) is 0 Å². The van der Waals surface area contributed by atoms with E-state index in [2.05, 4.69) is 10.7 Å². The summed E-state index contributed by atoms with van der Waals surface area (Å²) in [5.74, 6) is 3.91. The van der Waals surface area contributed by atoms with Crippen LogP contribution in [0.15, 0.2) is 11.6 Å². The molecule has 0 aromatic heterocycles. The van der Waals surface area contributed by atoms with Crippen molar-refractivity contribution >= 4 is 5.97 Å². The summed E-state index contributed by atoms with van der Waals surface area (Å²) in [6.07, 6.45) is 1.31. The molecule has 0 spiro atoms. The zero-order valence-corrected chi connectivity index (χ0v) is 5.13. The average Bonchev–Trinajstić information content (AvgIpc) is 1.87. The average molecular weight is 131 g/mol. The number of carbonyl (C=O) groups is 1. The Kier molecular flexibility index (Phi) is 3.66. The SMILES string of the molecule is C/C(=C\CO)C(=O)ON. The van der Waals surface area contributed by atoms with Gasteiger partial charge in [-0.1, -0.05) is 0 Å². The minimum atomic E-state index is -0.621. The predicted molar refractivity (Wildman–Crippen MR) is 31.1 cm³/mol. The number of aliphatic hydroxyl groups excluding tert-OH is 1. The van der Waals surface area contributed by atoms with E-state index in [1.165, 1.54) is 13.0 Å². The van der Waals surface area contributed by atoms with E-state index in [9.17, 15) is 4.79 Å². The van der Waals surface area contributed by atoms with Crippen LogP contribution in [-0.2, 0) is 9.63 Å². The number of carbonyl (C=O) groups excluding carboxylic acids is 1. The van der Waals surface area contributed by atoms with Crippen LogP contribution in [0.4, 0.5) is 0 Å². The maximum atomic E-state index is 10.4. The van der Waals surface area contributed by atoms with Crippen LogP contribution in [0, 0.1) is 0 Å². The van der Waals surface area contributed by atoms with E-state index in [-0.39, 0.29) is 6.61 Å². The lowest BCUT2D eigenvalue weighted by molar-refractivity contribution is -0.139. The summed E-state index contributed by atoms with van der Waals surface area (Å²) >= 11 is 0. The van der Waals surface area contributed by atoms with Gasteiger partial charge in [0.15, 0.2) is 0 Å². The Labute approximate surface area is 52.9 Å². The largest absolute Gasteiger partial charge is 0.392 e. The van der Waals surface area contributed by atoms with Gasteiger partial charge in [-0.15, -0.1) is 0 Å². The number of nitrogens with two attached hydrogens (primary N) is 1. The molecule has 0 fully saturated rings. The lowest BCUT2D eigenvalue weighted by Gasteiger charge is -1.93. The summed E-state index contributed by atoms with van der Waals surface area (Å²) in [5, 5.41) is 8.26. The quantitative estimate of drug-likeness (QED) is 0.385. The fourth-order valence-electron chi connectivity index (χ4n) is 0.313. The van der Waals surface area contributed by atoms with Gasteiger partial charge in [-0.25, -0.2) is 4.79 Å². The van der Waals surface area contributed by atoms with Gasteiger partial charge in [-0.3, -0.25) is 0 Å². The van der Waals surface area contributed by atoms with Crippen molar-refractivity contribution in [1.29, 1.82) is 0 Å². The Morgan fingerprint density at radius 1 is 1.89 bits per heavy atom. The summed E-state index contributed by atoms with van der Waals surface area (Å²) < 4.78 is 0. The first-order chi connectivity index (χ1) is 4.22. The molecule has 0 radical (unpaired) electrons. The molecular formula is C5H9NO3. The molecule has 3 N–H and O–H groups in total. The van der Waals surface area contributed by atoms with E-state index in [1.54, 1.807) is 0 Å². The molecule has 52 valence electrons. The van der Waals surface area contributed by atoms with Crippen molar-refractivity contribution in [3.8, 4) is 0 Å². The van der Waals surface area contributed by atoms with E-state index < -0.39 is 5.97 Å². The Hall–Kier alpha value is -0.870. The third-order valence-electron chi connectivity index (χ3n) is 0.826. The second-order valence-electron chi connectivity index (χ2n) is 1.48. The first-order valence-corrected chi connectivity index (χ1v) is 2.41. The van der Waals surface area contributed by atoms with Crippen LogP contribution < -0.4 is 5.90 Å². The van der Waals surface area contributed by atoms with E-state index in [1.807, 2.05) is 0 Å². The predicted octanol–water partition coefficient (Wildman–Crippen LogP) is -0.658. The zero-order chi connectivity index (χ0) is 7.28. The number of aliphatic hydroxyl groups is 1. The molecule has 0 unspecified atom stereocenters. The summed E-state index contributed by atoms with van der Waals surface area (Å²) in [6.45, 7) is 1.33. The van der Waals surface area contributed by atoms with Gasteiger partial charge >= 0.3 is 5.97 Å². The highest BCUT2D eigenvalue weighted by molar-refractivity contribution is 5.87. The maximum absolute atomic E-state index is 10.4. The smallest absolute Gasteiger partial charge is 0.351 e. The monoisotopic (exact) mass is 131 g/mol. The van der Waals surface area contributed by atoms with Gasteiger partial charge in [-0.05, 0) is 13.0 Å². The number of hydrogen-bond acceptors (Lipinski definition) is 4. The van der Waals surface area contributed by atoms with Crippen molar-refractivity contribution < 1.29 is 14.7 Å².